The second-order valence-corrected chi connectivity index (χ2v) is 7.79. The van der Waals surface area contributed by atoms with Gasteiger partial charge < -0.3 is 10.6 Å². The Kier molecular flexibility index (Phi) is 7.08. The van der Waals surface area contributed by atoms with E-state index in [-0.39, 0.29) is 11.8 Å². The van der Waals surface area contributed by atoms with Crippen molar-refractivity contribution in [1.82, 2.24) is 9.97 Å². The molecule has 2 amide bonds. The molecule has 0 saturated heterocycles. The van der Waals surface area contributed by atoms with Crippen LogP contribution in [-0.2, 0) is 9.59 Å². The number of aromatic nitrogens is 2. The van der Waals surface area contributed by atoms with E-state index >= 15 is 0 Å². The molecule has 0 atom stereocenters. The van der Waals surface area contributed by atoms with Gasteiger partial charge in [0.15, 0.2) is 5.82 Å². The Bertz CT molecular complexity index is 1200. The van der Waals surface area contributed by atoms with Gasteiger partial charge in [-0.15, -0.1) is 0 Å². The van der Waals surface area contributed by atoms with Gasteiger partial charge in [-0.3, -0.25) is 9.59 Å². The van der Waals surface area contributed by atoms with Crippen LogP contribution in [0.15, 0.2) is 84.9 Å². The van der Waals surface area contributed by atoms with Crippen LogP contribution in [0.4, 0.5) is 11.4 Å². The summed E-state index contributed by atoms with van der Waals surface area (Å²) in [6.45, 7) is 3.64. The van der Waals surface area contributed by atoms with E-state index in [0.717, 1.165) is 39.5 Å². The van der Waals surface area contributed by atoms with E-state index < -0.39 is 0 Å². The van der Waals surface area contributed by atoms with Gasteiger partial charge in [0.05, 0.1) is 11.4 Å². The van der Waals surface area contributed by atoms with Crippen LogP contribution in [-0.4, -0.2) is 21.8 Å². The van der Waals surface area contributed by atoms with Crippen LogP contribution in [0.5, 0.6) is 0 Å². The lowest BCUT2D eigenvalue weighted by Gasteiger charge is -2.11. The maximum atomic E-state index is 11.7. The number of carbonyl (C=O) groups is 2. The van der Waals surface area contributed by atoms with E-state index in [1.807, 2.05) is 98.8 Å². The highest BCUT2D eigenvalue weighted by Gasteiger charge is 2.11. The maximum absolute atomic E-state index is 11.7. The summed E-state index contributed by atoms with van der Waals surface area (Å²) in [4.78, 5) is 33.0. The molecule has 6 heteroatoms. The smallest absolute Gasteiger partial charge is 0.224 e. The fourth-order valence-corrected chi connectivity index (χ4v) is 3.41. The van der Waals surface area contributed by atoms with E-state index in [1.165, 1.54) is 0 Å². The number of nitrogens with zero attached hydrogens (tertiary/aromatic N) is 2. The summed E-state index contributed by atoms with van der Waals surface area (Å²) in [7, 11) is 0. The molecule has 0 spiro atoms. The molecule has 1 aromatic heterocycles. The summed E-state index contributed by atoms with van der Waals surface area (Å²) < 4.78 is 0. The van der Waals surface area contributed by atoms with Gasteiger partial charge in [-0.1, -0.05) is 56.3 Å². The first-order valence-corrected chi connectivity index (χ1v) is 11.3. The molecule has 1 heterocycles. The molecule has 170 valence electrons. The largest absolute Gasteiger partial charge is 0.326 e. The number of nitrogens with one attached hydrogen (secondary N) is 2. The van der Waals surface area contributed by atoms with Gasteiger partial charge >= 0.3 is 0 Å². The molecule has 0 aliphatic rings. The first kappa shape index (κ1) is 22.9. The van der Waals surface area contributed by atoms with Gasteiger partial charge in [0.2, 0.25) is 11.8 Å². The molecule has 0 aliphatic carbocycles. The van der Waals surface area contributed by atoms with Crippen molar-refractivity contribution in [1.29, 1.82) is 0 Å². The monoisotopic (exact) mass is 450 g/mol. The predicted octanol–water partition coefficient (Wildman–Crippen LogP) is 6.17. The fourth-order valence-electron chi connectivity index (χ4n) is 3.41. The molecule has 2 N–H and O–H groups in total. The van der Waals surface area contributed by atoms with E-state index in [1.54, 1.807) is 0 Å². The predicted molar refractivity (Wildman–Crippen MR) is 136 cm³/mol. The Hall–Kier alpha value is -4.32. The highest BCUT2D eigenvalue weighted by molar-refractivity contribution is 5.91. The van der Waals surface area contributed by atoms with Crippen LogP contribution in [0.1, 0.15) is 26.7 Å². The Morgan fingerprint density at radius 2 is 1.06 bits per heavy atom. The van der Waals surface area contributed by atoms with Crippen molar-refractivity contribution >= 4 is 23.2 Å². The summed E-state index contributed by atoms with van der Waals surface area (Å²) in [5.74, 6) is 0.533. The molecule has 34 heavy (non-hydrogen) atoms. The molecule has 0 unspecified atom stereocenters. The molecular weight excluding hydrogens is 424 g/mol. The first-order chi connectivity index (χ1) is 16.6. The van der Waals surface area contributed by atoms with Gasteiger partial charge in [0, 0.05) is 40.9 Å². The van der Waals surface area contributed by atoms with Crippen molar-refractivity contribution in [3.63, 3.8) is 0 Å². The van der Waals surface area contributed by atoms with Crippen LogP contribution < -0.4 is 10.6 Å². The van der Waals surface area contributed by atoms with E-state index in [9.17, 15) is 9.59 Å². The molecule has 0 fully saturated rings. The van der Waals surface area contributed by atoms with Gasteiger partial charge in [0.25, 0.3) is 0 Å². The maximum Gasteiger partial charge on any atom is 0.224 e. The number of hydrogen-bond acceptors (Lipinski definition) is 4. The van der Waals surface area contributed by atoms with Crippen molar-refractivity contribution in [2.75, 3.05) is 10.6 Å². The van der Waals surface area contributed by atoms with E-state index in [2.05, 4.69) is 10.6 Å². The highest BCUT2D eigenvalue weighted by Crippen LogP contribution is 2.28. The van der Waals surface area contributed by atoms with Crippen molar-refractivity contribution in [3.8, 4) is 33.9 Å². The Morgan fingerprint density at radius 3 is 1.53 bits per heavy atom. The molecule has 4 aromatic rings. The van der Waals surface area contributed by atoms with Crippen molar-refractivity contribution in [2.45, 2.75) is 26.7 Å². The number of amides is 2. The average Bonchev–Trinajstić information content (AvgIpc) is 2.89. The molecule has 3 aromatic carbocycles. The third kappa shape index (κ3) is 5.53. The zero-order valence-electron chi connectivity index (χ0n) is 19.2. The van der Waals surface area contributed by atoms with Gasteiger partial charge in [-0.2, -0.15) is 0 Å². The number of anilines is 2. The normalized spacial score (nSPS) is 10.5. The SMILES string of the molecule is CCC(=O)Nc1ccc(-c2cc(-c3ccccc3)nc(-c3ccc(NC(=O)CC)cc3)n2)cc1. The minimum Gasteiger partial charge on any atom is -0.326 e. The Balaban J connectivity index is 1.72. The summed E-state index contributed by atoms with van der Waals surface area (Å²) in [6, 6.07) is 27.1. The van der Waals surface area contributed by atoms with Crippen LogP contribution in [0.2, 0.25) is 0 Å². The van der Waals surface area contributed by atoms with Crippen LogP contribution in [0.3, 0.4) is 0 Å². The highest BCUT2D eigenvalue weighted by atomic mass is 16.2. The molecule has 0 radical (unpaired) electrons. The van der Waals surface area contributed by atoms with E-state index in [4.69, 9.17) is 9.97 Å². The summed E-state index contributed by atoms with van der Waals surface area (Å²) >= 11 is 0. The summed E-state index contributed by atoms with van der Waals surface area (Å²) in [5.41, 5.74) is 5.83. The van der Waals surface area contributed by atoms with Crippen molar-refractivity contribution in [2.24, 2.45) is 0 Å². The second-order valence-electron chi connectivity index (χ2n) is 7.79. The minimum atomic E-state index is -0.0315. The Morgan fingerprint density at radius 1 is 0.618 bits per heavy atom. The molecule has 4 rings (SSSR count). The molecule has 0 saturated carbocycles. The number of rotatable bonds is 7. The Labute approximate surface area is 199 Å². The van der Waals surface area contributed by atoms with Crippen LogP contribution in [0.25, 0.3) is 33.9 Å². The van der Waals surface area contributed by atoms with Gasteiger partial charge in [-0.05, 0) is 42.5 Å². The molecule has 0 aliphatic heterocycles. The van der Waals surface area contributed by atoms with E-state index in [0.29, 0.717) is 18.7 Å². The number of hydrogen-bond donors (Lipinski definition) is 2. The minimum absolute atomic E-state index is 0.0259. The van der Waals surface area contributed by atoms with Crippen LogP contribution >= 0.6 is 0 Å². The lowest BCUT2D eigenvalue weighted by atomic mass is 10.1. The topological polar surface area (TPSA) is 84.0 Å². The standard InChI is InChI=1S/C28H26N4O2/c1-3-26(33)29-22-14-10-20(11-15-22)25-18-24(19-8-6-5-7-9-19)31-28(32-25)21-12-16-23(17-13-21)30-27(34)4-2/h5-18H,3-4H2,1-2H3,(H,29,33)(H,30,34). The van der Waals surface area contributed by atoms with Gasteiger partial charge in [0.1, 0.15) is 0 Å². The second kappa shape index (κ2) is 10.5. The fraction of sp³-hybridized carbons (Fsp3) is 0.143. The molecule has 6 nitrogen and oxygen atoms in total. The zero-order chi connectivity index (χ0) is 23.9. The summed E-state index contributed by atoms with van der Waals surface area (Å²) in [5, 5.41) is 5.72. The number of benzene rings is 3. The zero-order valence-corrected chi connectivity index (χ0v) is 19.2. The number of carbonyl (C=O) groups excluding carboxylic acids is 2. The first-order valence-electron chi connectivity index (χ1n) is 11.3. The van der Waals surface area contributed by atoms with Crippen molar-refractivity contribution < 1.29 is 9.59 Å². The van der Waals surface area contributed by atoms with Gasteiger partial charge in [-0.25, -0.2) is 9.97 Å². The van der Waals surface area contributed by atoms with Crippen molar-refractivity contribution in [3.05, 3.63) is 84.9 Å². The summed E-state index contributed by atoms with van der Waals surface area (Å²) in [6.07, 6.45) is 0.854. The van der Waals surface area contributed by atoms with Crippen LogP contribution in [0, 0.1) is 0 Å². The lowest BCUT2D eigenvalue weighted by molar-refractivity contribution is -0.116. The lowest BCUT2D eigenvalue weighted by Crippen LogP contribution is -2.09. The average molecular weight is 451 g/mol. The third-order valence-electron chi connectivity index (χ3n) is 5.33. The third-order valence-corrected chi connectivity index (χ3v) is 5.33. The molecule has 0 bridgehead atoms. The quantitative estimate of drug-likeness (QED) is 0.352. The molecular formula is C28H26N4O2.